The fraction of sp³-hybridized carbons (Fsp3) is 0. The molecule has 4 nitrogen and oxygen atoms in total. The number of nitrogens with one attached hydrogen (secondary N) is 1. The van der Waals surface area contributed by atoms with Gasteiger partial charge in [-0.2, -0.15) is 0 Å². The second-order valence-corrected chi connectivity index (χ2v) is 7.43. The number of hydrogen-bond donors (Lipinski definition) is 1. The molecule has 0 saturated carbocycles. The minimum Gasteiger partial charge on any atom is -0.436 e. The zero-order chi connectivity index (χ0) is 19.8. The molecule has 1 N–H and O–H groups in total. The van der Waals surface area contributed by atoms with Crippen molar-refractivity contribution < 1.29 is 9.21 Å². The van der Waals surface area contributed by atoms with Gasteiger partial charge < -0.3 is 9.73 Å². The molecule has 1 heterocycles. The number of carbonyl (C=O) groups is 1. The van der Waals surface area contributed by atoms with Crippen molar-refractivity contribution >= 4 is 69.1 Å². The van der Waals surface area contributed by atoms with E-state index in [4.69, 9.17) is 50.8 Å². The summed E-state index contributed by atoms with van der Waals surface area (Å²) in [5.41, 5.74) is 2.50. The normalized spacial score (nSPS) is 11.0. The maximum atomic E-state index is 12.5. The fourth-order valence-corrected chi connectivity index (χ4v) is 3.43. The number of nitrogens with zero attached hydrogens (tertiary/aromatic N) is 1. The highest BCUT2D eigenvalue weighted by molar-refractivity contribution is 6.44. The van der Waals surface area contributed by atoms with E-state index in [1.54, 1.807) is 54.6 Å². The average molecular weight is 452 g/mol. The van der Waals surface area contributed by atoms with Crippen molar-refractivity contribution in [2.75, 3.05) is 5.32 Å². The SMILES string of the molecule is O=C(Nc1ccc2oc(-c3cccc(Cl)c3Cl)nc2c1)c1cccc(Cl)c1Cl. The van der Waals surface area contributed by atoms with Crippen molar-refractivity contribution in [2.45, 2.75) is 0 Å². The van der Waals surface area contributed by atoms with Gasteiger partial charge in [-0.25, -0.2) is 4.98 Å². The van der Waals surface area contributed by atoms with Gasteiger partial charge in [-0.05, 0) is 42.5 Å². The lowest BCUT2D eigenvalue weighted by atomic mass is 10.2. The third-order valence-corrected chi connectivity index (χ3v) is 5.66. The fourth-order valence-electron chi connectivity index (χ4n) is 2.67. The van der Waals surface area contributed by atoms with Crippen LogP contribution in [0.25, 0.3) is 22.6 Å². The quantitative estimate of drug-likeness (QED) is 0.354. The lowest BCUT2D eigenvalue weighted by Crippen LogP contribution is -2.12. The molecule has 0 aliphatic heterocycles. The second kappa shape index (κ2) is 7.64. The number of hydrogen-bond acceptors (Lipinski definition) is 3. The highest BCUT2D eigenvalue weighted by atomic mass is 35.5. The van der Waals surface area contributed by atoms with Gasteiger partial charge in [0, 0.05) is 5.69 Å². The number of oxazole rings is 1. The van der Waals surface area contributed by atoms with E-state index in [0.29, 0.717) is 43.3 Å². The van der Waals surface area contributed by atoms with Crippen LogP contribution in [0.4, 0.5) is 5.69 Å². The van der Waals surface area contributed by atoms with Gasteiger partial charge in [-0.3, -0.25) is 4.79 Å². The summed E-state index contributed by atoms with van der Waals surface area (Å²) >= 11 is 24.4. The van der Waals surface area contributed by atoms with Crippen LogP contribution in [0.2, 0.25) is 20.1 Å². The highest BCUT2D eigenvalue weighted by Crippen LogP contribution is 2.35. The molecule has 4 aromatic rings. The molecule has 1 amide bonds. The molecule has 8 heteroatoms. The molecule has 0 spiro atoms. The van der Waals surface area contributed by atoms with Crippen LogP contribution >= 0.6 is 46.4 Å². The van der Waals surface area contributed by atoms with E-state index in [0.717, 1.165) is 0 Å². The number of fused-ring (bicyclic) bond motifs is 1. The van der Waals surface area contributed by atoms with Gasteiger partial charge in [0.15, 0.2) is 5.58 Å². The number of anilines is 1. The number of aromatic nitrogens is 1. The van der Waals surface area contributed by atoms with E-state index in [2.05, 4.69) is 10.3 Å². The molecule has 0 radical (unpaired) electrons. The van der Waals surface area contributed by atoms with Crippen LogP contribution in [-0.2, 0) is 0 Å². The summed E-state index contributed by atoms with van der Waals surface area (Å²) in [5, 5.41) is 4.05. The predicted molar refractivity (Wildman–Crippen MR) is 114 cm³/mol. The molecule has 3 aromatic carbocycles. The molecule has 0 fully saturated rings. The van der Waals surface area contributed by atoms with Gasteiger partial charge in [0.05, 0.1) is 31.2 Å². The summed E-state index contributed by atoms with van der Waals surface area (Å²) in [6.07, 6.45) is 0. The molecular weight excluding hydrogens is 442 g/mol. The van der Waals surface area contributed by atoms with Gasteiger partial charge in [0.1, 0.15) is 5.52 Å². The molecular formula is C20H10Cl4N2O2. The number of carbonyl (C=O) groups excluding carboxylic acids is 1. The third kappa shape index (κ3) is 3.56. The Bertz CT molecular complexity index is 1220. The average Bonchev–Trinajstić information content (AvgIpc) is 3.09. The minimum absolute atomic E-state index is 0.196. The molecule has 0 aliphatic carbocycles. The van der Waals surface area contributed by atoms with E-state index in [9.17, 15) is 4.79 Å². The van der Waals surface area contributed by atoms with Gasteiger partial charge >= 0.3 is 0 Å². The first-order valence-electron chi connectivity index (χ1n) is 8.04. The molecule has 0 aliphatic rings. The van der Waals surface area contributed by atoms with Gasteiger partial charge in [0.2, 0.25) is 5.89 Å². The van der Waals surface area contributed by atoms with E-state index in [1.165, 1.54) is 0 Å². The lowest BCUT2D eigenvalue weighted by Gasteiger charge is -2.07. The van der Waals surface area contributed by atoms with Gasteiger partial charge in [0.25, 0.3) is 5.91 Å². The van der Waals surface area contributed by atoms with E-state index < -0.39 is 0 Å². The van der Waals surface area contributed by atoms with Gasteiger partial charge in [-0.15, -0.1) is 0 Å². The molecule has 0 unspecified atom stereocenters. The van der Waals surface area contributed by atoms with Crippen molar-refractivity contribution in [1.82, 2.24) is 4.98 Å². The maximum absolute atomic E-state index is 12.5. The summed E-state index contributed by atoms with van der Waals surface area (Å²) < 4.78 is 5.76. The maximum Gasteiger partial charge on any atom is 0.257 e. The molecule has 28 heavy (non-hydrogen) atoms. The van der Waals surface area contributed by atoms with Crippen LogP contribution in [0.1, 0.15) is 10.4 Å². The zero-order valence-electron chi connectivity index (χ0n) is 14.0. The van der Waals surface area contributed by atoms with Crippen molar-refractivity contribution in [1.29, 1.82) is 0 Å². The minimum atomic E-state index is -0.381. The smallest absolute Gasteiger partial charge is 0.257 e. The Labute approximate surface area is 180 Å². The first-order chi connectivity index (χ1) is 13.4. The molecule has 0 saturated heterocycles. The first kappa shape index (κ1) is 19.1. The summed E-state index contributed by atoms with van der Waals surface area (Å²) in [5.74, 6) is -0.0442. The van der Waals surface area contributed by atoms with Crippen LogP contribution in [0.15, 0.2) is 59.0 Å². The highest BCUT2D eigenvalue weighted by Gasteiger charge is 2.16. The summed E-state index contributed by atoms with van der Waals surface area (Å²) in [6, 6.07) is 15.2. The Balaban J connectivity index is 1.66. The third-order valence-electron chi connectivity index (χ3n) is 4.02. The van der Waals surface area contributed by atoms with Crippen molar-refractivity contribution in [3.63, 3.8) is 0 Å². The van der Waals surface area contributed by atoms with Crippen LogP contribution in [0.3, 0.4) is 0 Å². The second-order valence-electron chi connectivity index (χ2n) is 5.86. The van der Waals surface area contributed by atoms with Crippen molar-refractivity contribution in [3.05, 3.63) is 80.3 Å². The number of rotatable bonds is 3. The lowest BCUT2D eigenvalue weighted by molar-refractivity contribution is 0.102. The van der Waals surface area contributed by atoms with Crippen LogP contribution in [0.5, 0.6) is 0 Å². The topological polar surface area (TPSA) is 55.1 Å². The Hall–Kier alpha value is -2.24. The molecule has 140 valence electrons. The molecule has 4 rings (SSSR count). The largest absolute Gasteiger partial charge is 0.436 e. The number of halogens is 4. The van der Waals surface area contributed by atoms with Gasteiger partial charge in [-0.1, -0.05) is 58.5 Å². The van der Waals surface area contributed by atoms with E-state index >= 15 is 0 Å². The monoisotopic (exact) mass is 450 g/mol. The first-order valence-corrected chi connectivity index (χ1v) is 9.55. The van der Waals surface area contributed by atoms with E-state index in [1.807, 2.05) is 0 Å². The zero-order valence-corrected chi connectivity index (χ0v) is 17.0. The van der Waals surface area contributed by atoms with Crippen molar-refractivity contribution in [3.8, 4) is 11.5 Å². The molecule has 0 bridgehead atoms. The number of benzene rings is 3. The Morgan fingerprint density at radius 1 is 0.893 bits per heavy atom. The number of amides is 1. The molecule has 1 aromatic heterocycles. The standard InChI is InChI=1S/C20H10Cl4N2O2/c21-13-5-1-3-11(17(13)23)19(27)25-10-7-8-16-15(9-10)26-20(28-16)12-4-2-6-14(22)18(12)24/h1-9H,(H,25,27). The van der Waals surface area contributed by atoms with Crippen molar-refractivity contribution in [2.24, 2.45) is 0 Å². The van der Waals surface area contributed by atoms with Crippen LogP contribution in [-0.4, -0.2) is 10.9 Å². The molecule has 0 atom stereocenters. The summed E-state index contributed by atoms with van der Waals surface area (Å²) in [6.45, 7) is 0. The Kier molecular flexibility index (Phi) is 5.21. The summed E-state index contributed by atoms with van der Waals surface area (Å²) in [4.78, 5) is 17.0. The Morgan fingerprint density at radius 3 is 2.39 bits per heavy atom. The summed E-state index contributed by atoms with van der Waals surface area (Å²) in [7, 11) is 0. The van der Waals surface area contributed by atoms with Crippen LogP contribution < -0.4 is 5.32 Å². The Morgan fingerprint density at radius 2 is 1.61 bits per heavy atom. The van der Waals surface area contributed by atoms with Crippen LogP contribution in [0, 0.1) is 0 Å². The van der Waals surface area contributed by atoms with E-state index in [-0.39, 0.29) is 16.5 Å². The predicted octanol–water partition coefficient (Wildman–Crippen LogP) is 7.36.